The topological polar surface area (TPSA) is 37.0 Å². The molecule has 0 unspecified atom stereocenters. The van der Waals surface area contributed by atoms with E-state index in [0.717, 1.165) is 42.7 Å². The Morgan fingerprint density at radius 1 is 1.23 bits per heavy atom. The predicted molar refractivity (Wildman–Crippen MR) is 93.9 cm³/mol. The number of nitrogens with zero attached hydrogens (tertiary/aromatic N) is 2. The van der Waals surface area contributed by atoms with Gasteiger partial charge in [0.2, 0.25) is 0 Å². The normalized spacial score (nSPS) is 16.3. The number of anilines is 1. The number of ether oxygens (including phenoxy) is 2. The number of nitrogens with one attached hydrogen (secondary N) is 1. The van der Waals surface area contributed by atoms with Crippen molar-refractivity contribution in [3.63, 3.8) is 0 Å². The van der Waals surface area contributed by atoms with Gasteiger partial charge in [0.05, 0.1) is 19.4 Å². The van der Waals surface area contributed by atoms with Gasteiger partial charge in [-0.05, 0) is 31.3 Å². The van der Waals surface area contributed by atoms with Gasteiger partial charge in [-0.25, -0.2) is 0 Å². The minimum Gasteiger partial charge on any atom is -0.495 e. The van der Waals surface area contributed by atoms with Gasteiger partial charge in [0.15, 0.2) is 5.11 Å². The number of rotatable bonds is 5. The lowest BCUT2D eigenvalue weighted by Crippen LogP contribution is -2.53. The van der Waals surface area contributed by atoms with Crippen molar-refractivity contribution in [2.75, 3.05) is 51.9 Å². The molecule has 1 aliphatic heterocycles. The van der Waals surface area contributed by atoms with E-state index >= 15 is 0 Å². The average Bonchev–Trinajstić information content (AvgIpc) is 2.55. The summed E-state index contributed by atoms with van der Waals surface area (Å²) in [5.41, 5.74) is 1.15. The molecule has 1 saturated heterocycles. The van der Waals surface area contributed by atoms with Crippen molar-refractivity contribution in [1.82, 2.24) is 10.2 Å². The summed E-state index contributed by atoms with van der Waals surface area (Å²) in [6.45, 7) is 6.40. The molecule has 6 heteroatoms. The fourth-order valence-electron chi connectivity index (χ4n) is 2.64. The number of para-hydroxylation sites is 2. The molecule has 0 aromatic heterocycles. The Labute approximate surface area is 138 Å². The summed E-state index contributed by atoms with van der Waals surface area (Å²) in [5.74, 6) is 0.922. The molecule has 22 heavy (non-hydrogen) atoms. The second kappa shape index (κ2) is 8.19. The van der Waals surface area contributed by atoms with E-state index in [-0.39, 0.29) is 6.04 Å². The predicted octanol–water partition coefficient (Wildman–Crippen LogP) is 1.73. The first-order valence-electron chi connectivity index (χ1n) is 7.58. The molecule has 2 rings (SSSR count). The van der Waals surface area contributed by atoms with E-state index < -0.39 is 0 Å². The van der Waals surface area contributed by atoms with Crippen molar-refractivity contribution in [3.05, 3.63) is 24.3 Å². The molecular formula is C16H25N3O2S. The summed E-state index contributed by atoms with van der Waals surface area (Å²) in [7, 11) is 3.42. The highest BCUT2D eigenvalue weighted by Crippen LogP contribution is 2.28. The lowest BCUT2D eigenvalue weighted by molar-refractivity contribution is 0.177. The summed E-state index contributed by atoms with van der Waals surface area (Å²) < 4.78 is 10.6. The van der Waals surface area contributed by atoms with E-state index in [2.05, 4.69) is 28.1 Å². The van der Waals surface area contributed by atoms with Crippen LogP contribution < -0.4 is 15.0 Å². The van der Waals surface area contributed by atoms with Crippen LogP contribution in [0.4, 0.5) is 5.69 Å². The zero-order chi connectivity index (χ0) is 15.9. The van der Waals surface area contributed by atoms with Crippen molar-refractivity contribution >= 4 is 23.0 Å². The van der Waals surface area contributed by atoms with Crippen molar-refractivity contribution in [1.29, 1.82) is 0 Å². The highest BCUT2D eigenvalue weighted by Gasteiger charge is 2.21. The fraction of sp³-hybridized carbons (Fsp3) is 0.562. The lowest BCUT2D eigenvalue weighted by Gasteiger charge is -2.38. The first-order chi connectivity index (χ1) is 10.7. The van der Waals surface area contributed by atoms with Crippen molar-refractivity contribution in [3.8, 4) is 5.75 Å². The molecule has 0 bridgehead atoms. The maximum Gasteiger partial charge on any atom is 0.169 e. The molecular weight excluding hydrogens is 298 g/mol. The minimum atomic E-state index is 0.227. The van der Waals surface area contributed by atoms with E-state index in [1.54, 1.807) is 14.2 Å². The molecule has 0 saturated carbocycles. The van der Waals surface area contributed by atoms with Crippen LogP contribution in [0.1, 0.15) is 6.92 Å². The third-order valence-corrected chi connectivity index (χ3v) is 4.16. The van der Waals surface area contributed by atoms with Crippen LogP contribution in [0.3, 0.4) is 0 Å². The van der Waals surface area contributed by atoms with Gasteiger partial charge in [0, 0.05) is 39.3 Å². The van der Waals surface area contributed by atoms with Crippen LogP contribution in [0, 0.1) is 0 Å². The highest BCUT2D eigenvalue weighted by molar-refractivity contribution is 7.80. The Kier molecular flexibility index (Phi) is 6.27. The molecule has 122 valence electrons. The number of methoxy groups -OCH3 is 2. The summed E-state index contributed by atoms with van der Waals surface area (Å²) in [4.78, 5) is 4.56. The first kappa shape index (κ1) is 16.8. The molecule has 1 N–H and O–H groups in total. The van der Waals surface area contributed by atoms with E-state index in [1.807, 2.05) is 18.2 Å². The quantitative estimate of drug-likeness (QED) is 0.832. The van der Waals surface area contributed by atoms with Gasteiger partial charge >= 0.3 is 0 Å². The molecule has 0 spiro atoms. The molecule has 0 aliphatic carbocycles. The van der Waals surface area contributed by atoms with Gasteiger partial charge in [-0.2, -0.15) is 0 Å². The monoisotopic (exact) mass is 323 g/mol. The highest BCUT2D eigenvalue weighted by atomic mass is 32.1. The summed E-state index contributed by atoms with van der Waals surface area (Å²) >= 11 is 5.48. The van der Waals surface area contributed by atoms with Crippen molar-refractivity contribution < 1.29 is 9.47 Å². The molecule has 1 aromatic rings. The van der Waals surface area contributed by atoms with Crippen LogP contribution in [0.2, 0.25) is 0 Å². The molecule has 1 heterocycles. The SMILES string of the molecule is COC[C@@H](C)NC(=S)N1CCN(c2ccccc2OC)CC1. The summed E-state index contributed by atoms with van der Waals surface area (Å²) in [6, 6.07) is 8.37. The van der Waals surface area contributed by atoms with Gasteiger partial charge in [0.25, 0.3) is 0 Å². The number of piperazine rings is 1. The van der Waals surface area contributed by atoms with Gasteiger partial charge < -0.3 is 24.6 Å². The van der Waals surface area contributed by atoms with Crippen LogP contribution in [0.15, 0.2) is 24.3 Å². The van der Waals surface area contributed by atoms with E-state index in [4.69, 9.17) is 21.7 Å². The molecule has 0 amide bonds. The van der Waals surface area contributed by atoms with Crippen LogP contribution in [-0.4, -0.2) is 63.1 Å². The first-order valence-corrected chi connectivity index (χ1v) is 7.99. The van der Waals surface area contributed by atoms with Crippen LogP contribution >= 0.6 is 12.2 Å². The number of hydrogen-bond donors (Lipinski definition) is 1. The van der Waals surface area contributed by atoms with Gasteiger partial charge in [-0.1, -0.05) is 12.1 Å². The molecule has 1 aromatic carbocycles. The number of hydrogen-bond acceptors (Lipinski definition) is 4. The summed E-state index contributed by atoms with van der Waals surface area (Å²) in [5, 5.41) is 4.13. The Morgan fingerprint density at radius 3 is 2.55 bits per heavy atom. The lowest BCUT2D eigenvalue weighted by atomic mass is 10.2. The third kappa shape index (κ3) is 4.24. The molecule has 1 fully saturated rings. The zero-order valence-electron chi connectivity index (χ0n) is 13.5. The zero-order valence-corrected chi connectivity index (χ0v) is 14.4. The van der Waals surface area contributed by atoms with E-state index in [1.165, 1.54) is 0 Å². The smallest absolute Gasteiger partial charge is 0.169 e. The van der Waals surface area contributed by atoms with E-state index in [0.29, 0.717) is 6.61 Å². The third-order valence-electron chi connectivity index (χ3n) is 3.78. The van der Waals surface area contributed by atoms with Gasteiger partial charge in [0.1, 0.15) is 5.75 Å². The maximum absolute atomic E-state index is 5.48. The largest absolute Gasteiger partial charge is 0.495 e. The second-order valence-corrected chi connectivity index (χ2v) is 5.84. The summed E-state index contributed by atoms with van der Waals surface area (Å²) in [6.07, 6.45) is 0. The standard InChI is InChI=1S/C16H25N3O2S/c1-13(12-20-2)17-16(22)19-10-8-18(9-11-19)14-6-4-5-7-15(14)21-3/h4-7,13H,8-12H2,1-3H3,(H,17,22)/t13-/m1/s1. The molecule has 1 aliphatic rings. The minimum absolute atomic E-state index is 0.227. The van der Waals surface area contributed by atoms with Gasteiger partial charge in [-0.3, -0.25) is 0 Å². The Balaban J connectivity index is 1.89. The van der Waals surface area contributed by atoms with Crippen LogP contribution in [-0.2, 0) is 4.74 Å². The maximum atomic E-state index is 5.48. The van der Waals surface area contributed by atoms with Gasteiger partial charge in [-0.15, -0.1) is 0 Å². The second-order valence-electron chi connectivity index (χ2n) is 5.45. The number of thiocarbonyl (C=S) groups is 1. The average molecular weight is 323 g/mol. The number of benzene rings is 1. The van der Waals surface area contributed by atoms with Crippen molar-refractivity contribution in [2.24, 2.45) is 0 Å². The Morgan fingerprint density at radius 2 is 1.91 bits per heavy atom. The Hall–Kier alpha value is -1.53. The molecule has 0 radical (unpaired) electrons. The van der Waals surface area contributed by atoms with E-state index in [9.17, 15) is 0 Å². The molecule has 1 atom stereocenters. The fourth-order valence-corrected chi connectivity index (χ4v) is 3.02. The Bertz CT molecular complexity index is 490. The molecule has 5 nitrogen and oxygen atoms in total. The van der Waals surface area contributed by atoms with Crippen LogP contribution in [0.25, 0.3) is 0 Å². The van der Waals surface area contributed by atoms with Crippen molar-refractivity contribution in [2.45, 2.75) is 13.0 Å². The van der Waals surface area contributed by atoms with Crippen LogP contribution in [0.5, 0.6) is 5.75 Å².